The Kier molecular flexibility index (Phi) is 5.77. The molecule has 0 radical (unpaired) electrons. The zero-order chi connectivity index (χ0) is 21.3. The first-order valence-electron chi connectivity index (χ1n) is 10.0. The van der Waals surface area contributed by atoms with E-state index in [0.29, 0.717) is 13.1 Å². The summed E-state index contributed by atoms with van der Waals surface area (Å²) in [6, 6.07) is 3.72. The molecule has 2 aliphatic heterocycles. The van der Waals surface area contributed by atoms with E-state index in [-0.39, 0.29) is 24.3 Å². The maximum absolute atomic E-state index is 13.6. The summed E-state index contributed by atoms with van der Waals surface area (Å²) in [6.45, 7) is 2.25. The van der Waals surface area contributed by atoms with Crippen molar-refractivity contribution in [1.82, 2.24) is 19.7 Å². The Morgan fingerprint density at radius 3 is 2.80 bits per heavy atom. The minimum atomic E-state index is -4.36. The second kappa shape index (κ2) is 8.33. The van der Waals surface area contributed by atoms with Crippen LogP contribution in [0.3, 0.4) is 0 Å². The number of methoxy groups -OCH3 is 2. The zero-order valence-electron chi connectivity index (χ0n) is 17.0. The van der Waals surface area contributed by atoms with Crippen LogP contribution in [0.2, 0.25) is 0 Å². The largest absolute Gasteiger partial charge is 0.497 e. The number of alkyl halides is 3. The van der Waals surface area contributed by atoms with Gasteiger partial charge in [-0.05, 0) is 49.9 Å². The van der Waals surface area contributed by atoms with Gasteiger partial charge in [0, 0.05) is 24.7 Å². The molecule has 4 rings (SSSR count). The highest BCUT2D eigenvalue weighted by Crippen LogP contribution is 2.41. The highest BCUT2D eigenvalue weighted by atomic mass is 19.4. The van der Waals surface area contributed by atoms with Crippen LogP contribution in [-0.4, -0.2) is 59.2 Å². The molecule has 3 atom stereocenters. The predicted molar refractivity (Wildman–Crippen MR) is 105 cm³/mol. The number of anilines is 1. The minimum Gasteiger partial charge on any atom is -0.497 e. The van der Waals surface area contributed by atoms with Gasteiger partial charge in [-0.3, -0.25) is 4.90 Å². The SMILES string of the molecule is COc1ccc(OC)c(CN2CCC[C@H]([C@@H]3C[C@H](C(F)(F)F)n4ncnc4N3)C2)c1. The molecule has 2 aromatic rings. The van der Waals surface area contributed by atoms with Gasteiger partial charge < -0.3 is 14.8 Å². The summed E-state index contributed by atoms with van der Waals surface area (Å²) in [7, 11) is 3.25. The molecule has 0 saturated carbocycles. The minimum absolute atomic E-state index is 0.0408. The van der Waals surface area contributed by atoms with Gasteiger partial charge in [0.2, 0.25) is 5.95 Å². The molecule has 30 heavy (non-hydrogen) atoms. The Morgan fingerprint density at radius 2 is 2.07 bits per heavy atom. The van der Waals surface area contributed by atoms with Crippen molar-refractivity contribution in [3.05, 3.63) is 30.1 Å². The van der Waals surface area contributed by atoms with Crippen molar-refractivity contribution in [2.75, 3.05) is 32.6 Å². The van der Waals surface area contributed by atoms with Crippen molar-refractivity contribution >= 4 is 5.95 Å². The van der Waals surface area contributed by atoms with Crippen LogP contribution in [0.1, 0.15) is 30.9 Å². The highest BCUT2D eigenvalue weighted by Gasteiger charge is 2.48. The number of fused-ring (bicyclic) bond motifs is 1. The first-order valence-corrected chi connectivity index (χ1v) is 10.0. The first-order chi connectivity index (χ1) is 14.4. The molecule has 0 unspecified atom stereocenters. The first kappa shape index (κ1) is 20.8. The van der Waals surface area contributed by atoms with E-state index in [4.69, 9.17) is 9.47 Å². The molecule has 7 nitrogen and oxygen atoms in total. The standard InChI is InChI=1S/C20H26F3N5O2/c1-29-15-5-6-17(30-2)14(8-15)11-27-7-3-4-13(10-27)16-9-18(20(21,22)23)28-19(26-16)24-12-25-28/h5-6,8,12-13,16,18H,3-4,7,9-11H2,1-2H3,(H,24,25,26)/t13-,16-,18+/m0/s1. The van der Waals surface area contributed by atoms with Gasteiger partial charge in [0.05, 0.1) is 14.2 Å². The van der Waals surface area contributed by atoms with Crippen LogP contribution in [0, 0.1) is 5.92 Å². The van der Waals surface area contributed by atoms with E-state index < -0.39 is 12.2 Å². The fourth-order valence-corrected chi connectivity index (χ4v) is 4.54. The van der Waals surface area contributed by atoms with Gasteiger partial charge in [0.1, 0.15) is 17.8 Å². The highest BCUT2D eigenvalue weighted by molar-refractivity contribution is 5.40. The quantitative estimate of drug-likeness (QED) is 0.791. The molecule has 10 heteroatoms. The van der Waals surface area contributed by atoms with Crippen molar-refractivity contribution in [3.8, 4) is 11.5 Å². The molecule has 1 N–H and O–H groups in total. The lowest BCUT2D eigenvalue weighted by Crippen LogP contribution is -2.47. The number of ether oxygens (including phenoxy) is 2. The van der Waals surface area contributed by atoms with Gasteiger partial charge in [-0.25, -0.2) is 4.68 Å². The van der Waals surface area contributed by atoms with Gasteiger partial charge in [-0.15, -0.1) is 0 Å². The van der Waals surface area contributed by atoms with E-state index in [0.717, 1.165) is 41.1 Å². The molecule has 1 aromatic carbocycles. The van der Waals surface area contributed by atoms with Crippen molar-refractivity contribution < 1.29 is 22.6 Å². The number of likely N-dealkylation sites (tertiary alicyclic amines) is 1. The lowest BCUT2D eigenvalue weighted by atomic mass is 9.86. The van der Waals surface area contributed by atoms with E-state index in [1.165, 1.54) is 6.33 Å². The van der Waals surface area contributed by atoms with Crippen LogP contribution in [0.25, 0.3) is 0 Å². The van der Waals surface area contributed by atoms with Gasteiger partial charge in [-0.2, -0.15) is 23.3 Å². The number of rotatable bonds is 5. The average molecular weight is 425 g/mol. The molecule has 2 aliphatic rings. The van der Waals surface area contributed by atoms with Crippen LogP contribution in [0.5, 0.6) is 11.5 Å². The summed E-state index contributed by atoms with van der Waals surface area (Å²) in [5, 5.41) is 6.97. The topological polar surface area (TPSA) is 64.4 Å². The molecule has 3 heterocycles. The fourth-order valence-electron chi connectivity index (χ4n) is 4.54. The number of hydrogen-bond donors (Lipinski definition) is 1. The van der Waals surface area contributed by atoms with E-state index >= 15 is 0 Å². The average Bonchev–Trinajstić information content (AvgIpc) is 3.21. The number of aromatic nitrogens is 3. The van der Waals surface area contributed by atoms with Crippen LogP contribution in [-0.2, 0) is 6.54 Å². The molecule has 0 bridgehead atoms. The second-order valence-electron chi connectivity index (χ2n) is 7.89. The van der Waals surface area contributed by atoms with E-state index in [2.05, 4.69) is 20.3 Å². The van der Waals surface area contributed by atoms with Crippen LogP contribution >= 0.6 is 0 Å². The number of benzene rings is 1. The summed E-state index contributed by atoms with van der Waals surface area (Å²) >= 11 is 0. The summed E-state index contributed by atoms with van der Waals surface area (Å²) in [5.41, 5.74) is 1.00. The molecule has 1 aromatic heterocycles. The predicted octanol–water partition coefficient (Wildman–Crippen LogP) is 3.50. The molecular formula is C20H26F3N5O2. The molecule has 0 amide bonds. The van der Waals surface area contributed by atoms with E-state index in [1.54, 1.807) is 14.2 Å². The number of halogens is 3. The molecule has 1 saturated heterocycles. The Balaban J connectivity index is 1.48. The van der Waals surface area contributed by atoms with Crippen molar-refractivity contribution in [3.63, 3.8) is 0 Å². The number of nitrogens with zero attached hydrogens (tertiary/aromatic N) is 4. The van der Waals surface area contributed by atoms with E-state index in [9.17, 15) is 13.2 Å². The second-order valence-corrected chi connectivity index (χ2v) is 7.89. The molecule has 1 fully saturated rings. The molecule has 0 aliphatic carbocycles. The summed E-state index contributed by atoms with van der Waals surface area (Å²) < 4.78 is 52.6. The maximum atomic E-state index is 13.6. The zero-order valence-corrected chi connectivity index (χ0v) is 17.0. The third-order valence-corrected chi connectivity index (χ3v) is 6.03. The molecular weight excluding hydrogens is 399 g/mol. The van der Waals surface area contributed by atoms with Gasteiger partial charge in [0.15, 0.2) is 6.04 Å². The Morgan fingerprint density at radius 1 is 1.23 bits per heavy atom. The summed E-state index contributed by atoms with van der Waals surface area (Å²) in [6.07, 6.45) is -1.42. The van der Waals surface area contributed by atoms with Gasteiger partial charge in [0.25, 0.3) is 0 Å². The van der Waals surface area contributed by atoms with Crippen LogP contribution < -0.4 is 14.8 Å². The van der Waals surface area contributed by atoms with Crippen molar-refractivity contribution in [1.29, 1.82) is 0 Å². The maximum Gasteiger partial charge on any atom is 0.411 e. The normalized spacial score (nSPS) is 24.8. The van der Waals surface area contributed by atoms with E-state index in [1.807, 2.05) is 18.2 Å². The Hall–Kier alpha value is -2.49. The van der Waals surface area contributed by atoms with Crippen molar-refractivity contribution in [2.45, 2.75) is 44.1 Å². The smallest absolute Gasteiger partial charge is 0.411 e. The summed E-state index contributed by atoms with van der Waals surface area (Å²) in [5.74, 6) is 1.81. The fraction of sp³-hybridized carbons (Fsp3) is 0.600. The van der Waals surface area contributed by atoms with Crippen molar-refractivity contribution in [2.24, 2.45) is 5.92 Å². The molecule has 0 spiro atoms. The number of nitrogens with one attached hydrogen (secondary N) is 1. The lowest BCUT2D eigenvalue weighted by molar-refractivity contribution is -0.174. The summed E-state index contributed by atoms with van der Waals surface area (Å²) in [4.78, 5) is 6.26. The number of hydrogen-bond acceptors (Lipinski definition) is 6. The third kappa shape index (κ3) is 4.19. The van der Waals surface area contributed by atoms with Gasteiger partial charge >= 0.3 is 6.18 Å². The molecule has 164 valence electrons. The lowest BCUT2D eigenvalue weighted by Gasteiger charge is -2.41. The Bertz CT molecular complexity index is 872. The van der Waals surface area contributed by atoms with Crippen LogP contribution in [0.15, 0.2) is 24.5 Å². The third-order valence-electron chi connectivity index (χ3n) is 6.03. The van der Waals surface area contributed by atoms with Crippen LogP contribution in [0.4, 0.5) is 19.1 Å². The number of piperidine rings is 1. The van der Waals surface area contributed by atoms with Gasteiger partial charge in [-0.1, -0.05) is 0 Å². The Labute approximate surface area is 173 Å². The monoisotopic (exact) mass is 425 g/mol.